The molecule has 5 aliphatic carbocycles. The van der Waals surface area contributed by atoms with Crippen molar-refractivity contribution in [2.24, 2.45) is 28.6 Å². The van der Waals surface area contributed by atoms with Crippen molar-refractivity contribution in [1.29, 1.82) is 0 Å². The zero-order chi connectivity index (χ0) is 34.1. The molecule has 0 radical (unpaired) electrons. The lowest BCUT2D eigenvalue weighted by Gasteiger charge is -2.63. The highest BCUT2D eigenvalue weighted by Gasteiger charge is 2.67. The van der Waals surface area contributed by atoms with Gasteiger partial charge in [-0.2, -0.15) is 0 Å². The van der Waals surface area contributed by atoms with E-state index in [1.54, 1.807) is 13.3 Å². The van der Waals surface area contributed by atoms with Gasteiger partial charge in [0.05, 0.1) is 11.9 Å². The summed E-state index contributed by atoms with van der Waals surface area (Å²) in [7, 11) is 1.62. The number of benzene rings is 2. The molecule has 2 amide bonds. The standard InChI is InChI=1S/C41H48N2O6/c1-39-19-16-27(42-35(44)23-43(3)38(46)49-37-30-10-6-4-8-28(30)29-9-5-7-11-31(29)37)22-26(39)13-14-34-33(39)17-20-40(2)32(18-21-41(34,40)47)25-12-15-36(45)48-24-25/h4-12,15,24,26-27,32-34,37,47H,13-14,16-23H2,1-3H3,(H,42,44)/t26-,27-,32-,33+,34-,39+,40-,41+/m1/s1. The van der Waals surface area contributed by atoms with Crippen LogP contribution in [0.25, 0.3) is 11.1 Å². The summed E-state index contributed by atoms with van der Waals surface area (Å²) in [5.74, 6) is 1.19. The SMILES string of the molecule is CN(CC(=O)N[C@@H]1CC[C@@]2(C)[C@H](CC[C@@H]3[C@@H]2CC[C@]2(C)[C@@H](c4ccc(=O)oc4)CC[C@]32O)C1)C(=O)OC1c2ccccc2-c2ccccc21. The number of hydrogen-bond acceptors (Lipinski definition) is 6. The molecule has 258 valence electrons. The van der Waals surface area contributed by atoms with Crippen LogP contribution in [0.3, 0.4) is 0 Å². The summed E-state index contributed by atoms with van der Waals surface area (Å²) in [5.41, 5.74) is 3.89. The quantitative estimate of drug-likeness (QED) is 0.299. The van der Waals surface area contributed by atoms with Crippen molar-refractivity contribution in [3.05, 3.63) is 94.0 Å². The van der Waals surface area contributed by atoms with Gasteiger partial charge < -0.3 is 24.5 Å². The van der Waals surface area contributed by atoms with Crippen LogP contribution in [0.15, 0.2) is 76.1 Å². The summed E-state index contributed by atoms with van der Waals surface area (Å²) in [6.07, 6.45) is 9.20. The smallest absolute Gasteiger partial charge is 0.410 e. The first-order valence-corrected chi connectivity index (χ1v) is 18.2. The fourth-order valence-electron chi connectivity index (χ4n) is 11.4. The summed E-state index contributed by atoms with van der Waals surface area (Å²) in [6.45, 7) is 4.65. The van der Waals surface area contributed by atoms with E-state index in [1.807, 2.05) is 54.6 Å². The number of carbonyl (C=O) groups excluding carboxylic acids is 2. The van der Waals surface area contributed by atoms with Crippen molar-refractivity contribution in [1.82, 2.24) is 10.2 Å². The van der Waals surface area contributed by atoms with E-state index in [9.17, 15) is 19.5 Å². The van der Waals surface area contributed by atoms with Crippen molar-refractivity contribution < 1.29 is 23.8 Å². The van der Waals surface area contributed by atoms with Gasteiger partial charge >= 0.3 is 11.7 Å². The average Bonchev–Trinajstić information content (AvgIpc) is 3.56. The molecule has 8 nitrogen and oxygen atoms in total. The second-order valence-corrected chi connectivity index (χ2v) is 16.2. The third-order valence-corrected chi connectivity index (χ3v) is 14.0. The van der Waals surface area contributed by atoms with Crippen molar-refractivity contribution in [3.63, 3.8) is 0 Å². The van der Waals surface area contributed by atoms with E-state index in [0.717, 1.165) is 85.6 Å². The number of likely N-dealkylation sites (N-methyl/N-ethyl adjacent to an activating group) is 1. The van der Waals surface area contributed by atoms with E-state index in [2.05, 4.69) is 19.2 Å². The van der Waals surface area contributed by atoms with E-state index in [-0.39, 0.29) is 46.8 Å². The molecule has 8 heteroatoms. The minimum absolute atomic E-state index is 0.0599. The lowest BCUT2D eigenvalue weighted by Crippen LogP contribution is -2.62. The van der Waals surface area contributed by atoms with Crippen LogP contribution in [0.1, 0.15) is 100 Å². The Labute approximate surface area is 288 Å². The molecule has 49 heavy (non-hydrogen) atoms. The number of aliphatic hydroxyl groups is 1. The largest absolute Gasteiger partial charge is 0.436 e. The summed E-state index contributed by atoms with van der Waals surface area (Å²) in [6, 6.07) is 19.4. The fourth-order valence-corrected chi connectivity index (χ4v) is 11.4. The number of fused-ring (bicyclic) bond motifs is 8. The molecule has 0 spiro atoms. The first kappa shape index (κ1) is 32.3. The topological polar surface area (TPSA) is 109 Å². The predicted molar refractivity (Wildman–Crippen MR) is 186 cm³/mol. The highest BCUT2D eigenvalue weighted by atomic mass is 16.6. The van der Waals surface area contributed by atoms with Crippen molar-refractivity contribution in [3.8, 4) is 11.1 Å². The number of nitrogens with one attached hydrogen (secondary N) is 1. The summed E-state index contributed by atoms with van der Waals surface area (Å²) >= 11 is 0. The number of ether oxygens (including phenoxy) is 1. The van der Waals surface area contributed by atoms with Gasteiger partial charge in [-0.15, -0.1) is 0 Å². The Hall–Kier alpha value is -3.91. The van der Waals surface area contributed by atoms with Gasteiger partial charge in [0.25, 0.3) is 0 Å². The van der Waals surface area contributed by atoms with Gasteiger partial charge in [-0.3, -0.25) is 4.79 Å². The molecule has 8 rings (SSSR count). The molecule has 0 bridgehead atoms. The molecule has 0 aliphatic heterocycles. The van der Waals surface area contributed by atoms with Gasteiger partial charge in [-0.05, 0) is 110 Å². The summed E-state index contributed by atoms with van der Waals surface area (Å²) in [4.78, 5) is 39.5. The number of rotatable bonds is 5. The van der Waals surface area contributed by atoms with Crippen LogP contribution in [0.2, 0.25) is 0 Å². The van der Waals surface area contributed by atoms with Crippen LogP contribution in [-0.2, 0) is 9.53 Å². The molecule has 5 aliphatic rings. The van der Waals surface area contributed by atoms with Gasteiger partial charge in [-0.1, -0.05) is 62.4 Å². The van der Waals surface area contributed by atoms with Crippen molar-refractivity contribution in [2.45, 2.75) is 95.3 Å². The molecule has 1 aromatic heterocycles. The summed E-state index contributed by atoms with van der Waals surface area (Å²) in [5, 5.41) is 15.8. The van der Waals surface area contributed by atoms with Crippen LogP contribution in [0, 0.1) is 28.6 Å². The third kappa shape index (κ3) is 5.07. The lowest BCUT2D eigenvalue weighted by molar-refractivity contribution is -0.202. The van der Waals surface area contributed by atoms with Crippen LogP contribution >= 0.6 is 0 Å². The zero-order valence-electron chi connectivity index (χ0n) is 28.8. The number of amides is 2. The minimum Gasteiger partial charge on any atom is -0.436 e. The Bertz CT molecular complexity index is 1770. The van der Waals surface area contributed by atoms with Crippen LogP contribution in [0.5, 0.6) is 0 Å². The first-order valence-electron chi connectivity index (χ1n) is 18.2. The normalized spacial score (nSPS) is 34.5. The maximum atomic E-state index is 13.3. The Kier molecular flexibility index (Phi) is 7.82. The number of nitrogens with zero attached hydrogens (tertiary/aromatic N) is 1. The molecule has 0 saturated heterocycles. The Morgan fingerprint density at radius 1 is 0.898 bits per heavy atom. The molecule has 8 atom stereocenters. The van der Waals surface area contributed by atoms with Gasteiger partial charge in [0.1, 0.15) is 6.54 Å². The molecule has 2 aromatic carbocycles. The Morgan fingerprint density at radius 2 is 1.61 bits per heavy atom. The molecule has 0 unspecified atom stereocenters. The molecule has 1 heterocycles. The van der Waals surface area contributed by atoms with Gasteiger partial charge in [0, 0.05) is 35.7 Å². The highest BCUT2D eigenvalue weighted by molar-refractivity contribution is 5.83. The van der Waals surface area contributed by atoms with Crippen LogP contribution in [-0.4, -0.2) is 47.2 Å². The Balaban J connectivity index is 0.887. The first-order chi connectivity index (χ1) is 23.5. The number of hydrogen-bond donors (Lipinski definition) is 2. The predicted octanol–water partition coefficient (Wildman–Crippen LogP) is 7.20. The molecule has 2 N–H and O–H groups in total. The monoisotopic (exact) mass is 664 g/mol. The van der Waals surface area contributed by atoms with Gasteiger partial charge in [0.2, 0.25) is 5.91 Å². The summed E-state index contributed by atoms with van der Waals surface area (Å²) < 4.78 is 11.3. The van der Waals surface area contributed by atoms with Crippen molar-refractivity contribution in [2.75, 3.05) is 13.6 Å². The molecular formula is C41H48N2O6. The van der Waals surface area contributed by atoms with E-state index in [0.29, 0.717) is 11.8 Å². The van der Waals surface area contributed by atoms with E-state index in [1.165, 1.54) is 11.0 Å². The number of carbonyl (C=O) groups is 2. The molecule has 4 fully saturated rings. The maximum absolute atomic E-state index is 13.3. The second-order valence-electron chi connectivity index (χ2n) is 16.2. The molecule has 3 aromatic rings. The Morgan fingerprint density at radius 3 is 2.31 bits per heavy atom. The zero-order valence-corrected chi connectivity index (χ0v) is 28.8. The molecular weight excluding hydrogens is 616 g/mol. The fraction of sp³-hybridized carbons (Fsp3) is 0.537. The highest BCUT2D eigenvalue weighted by Crippen LogP contribution is 2.70. The molecule has 4 saturated carbocycles. The van der Waals surface area contributed by atoms with Crippen LogP contribution in [0.4, 0.5) is 4.79 Å². The van der Waals surface area contributed by atoms with E-state index < -0.39 is 17.8 Å². The third-order valence-electron chi connectivity index (χ3n) is 14.0. The van der Waals surface area contributed by atoms with Crippen molar-refractivity contribution >= 4 is 12.0 Å². The lowest BCUT2D eigenvalue weighted by atomic mass is 9.43. The van der Waals surface area contributed by atoms with Gasteiger partial charge in [-0.25, -0.2) is 9.59 Å². The average molecular weight is 665 g/mol. The van der Waals surface area contributed by atoms with E-state index in [4.69, 9.17) is 9.15 Å². The van der Waals surface area contributed by atoms with Gasteiger partial charge in [0.15, 0.2) is 6.10 Å². The second kappa shape index (κ2) is 11.9. The minimum atomic E-state index is -0.738. The van der Waals surface area contributed by atoms with E-state index >= 15 is 0 Å². The maximum Gasteiger partial charge on any atom is 0.410 e. The van der Waals surface area contributed by atoms with Crippen LogP contribution < -0.4 is 10.9 Å².